The minimum atomic E-state index is -0.636. The fraction of sp³-hybridized carbons (Fsp3) is 0. The van der Waals surface area contributed by atoms with Crippen LogP contribution < -0.4 is 5.63 Å². The average molecular weight is 307 g/mol. The lowest BCUT2D eigenvalue weighted by Crippen LogP contribution is -2.14. The Morgan fingerprint density at radius 1 is 1.05 bits per heavy atom. The molecule has 0 fully saturated rings. The molecule has 4 rings (SSSR count). The lowest BCUT2D eigenvalue weighted by atomic mass is 10.1. The van der Waals surface area contributed by atoms with Gasteiger partial charge in [-0.2, -0.15) is 0 Å². The third-order valence-corrected chi connectivity index (χ3v) is 4.41. The highest BCUT2D eigenvalue weighted by molar-refractivity contribution is 7.20. The van der Waals surface area contributed by atoms with Crippen LogP contribution in [-0.4, -0.2) is 10.8 Å². The van der Waals surface area contributed by atoms with E-state index >= 15 is 0 Å². The van der Waals surface area contributed by atoms with Gasteiger partial charge in [-0.3, -0.25) is 4.79 Å². The zero-order chi connectivity index (χ0) is 15.1. The van der Waals surface area contributed by atoms with Crippen molar-refractivity contribution >= 4 is 38.3 Å². The molecule has 2 aromatic carbocycles. The maximum Gasteiger partial charge on any atom is 0.347 e. The molecular weight excluding hydrogens is 298 g/mol. The summed E-state index contributed by atoms with van der Waals surface area (Å²) in [6.45, 7) is 0. The van der Waals surface area contributed by atoms with Crippen LogP contribution in [0.2, 0.25) is 0 Å². The Morgan fingerprint density at radius 2 is 1.82 bits per heavy atom. The van der Waals surface area contributed by atoms with Gasteiger partial charge in [-0.05, 0) is 24.3 Å². The van der Waals surface area contributed by atoms with Gasteiger partial charge in [0, 0.05) is 5.39 Å². The molecule has 0 spiro atoms. The van der Waals surface area contributed by atoms with Crippen molar-refractivity contribution in [2.45, 2.75) is 0 Å². The van der Waals surface area contributed by atoms with Gasteiger partial charge >= 0.3 is 5.63 Å². The van der Waals surface area contributed by atoms with Crippen LogP contribution in [-0.2, 0) is 0 Å². The molecule has 0 saturated carbocycles. The molecule has 0 amide bonds. The maximum atomic E-state index is 12.6. The summed E-state index contributed by atoms with van der Waals surface area (Å²) in [6, 6.07) is 16.2. The summed E-state index contributed by atoms with van der Waals surface area (Å²) < 4.78 is 6.12. The lowest BCUT2D eigenvalue weighted by Gasteiger charge is -1.99. The second-order valence-electron chi connectivity index (χ2n) is 4.80. The topological polar surface area (TPSA) is 60.2 Å². The van der Waals surface area contributed by atoms with E-state index in [1.54, 1.807) is 24.3 Å². The van der Waals surface area contributed by atoms with Crippen LogP contribution in [0.4, 0.5) is 0 Å². The van der Waals surface area contributed by atoms with E-state index in [9.17, 15) is 9.59 Å². The summed E-state index contributed by atoms with van der Waals surface area (Å²) >= 11 is 1.27. The number of rotatable bonds is 2. The Kier molecular flexibility index (Phi) is 2.87. The normalized spacial score (nSPS) is 11.1. The fourth-order valence-electron chi connectivity index (χ4n) is 2.30. The minimum absolute atomic E-state index is 0.0118. The molecule has 0 aliphatic heterocycles. The third-order valence-electron chi connectivity index (χ3n) is 3.37. The van der Waals surface area contributed by atoms with E-state index in [-0.39, 0.29) is 5.56 Å². The van der Waals surface area contributed by atoms with Crippen LogP contribution in [0, 0.1) is 0 Å². The average Bonchev–Trinajstić information content (AvgIpc) is 2.97. The molecule has 2 heterocycles. The van der Waals surface area contributed by atoms with Gasteiger partial charge < -0.3 is 4.42 Å². The van der Waals surface area contributed by atoms with Crippen molar-refractivity contribution in [1.29, 1.82) is 0 Å². The minimum Gasteiger partial charge on any atom is -0.422 e. The highest BCUT2D eigenvalue weighted by Crippen LogP contribution is 2.23. The lowest BCUT2D eigenvalue weighted by molar-refractivity contribution is 0.103. The van der Waals surface area contributed by atoms with Crippen LogP contribution in [0.1, 0.15) is 15.4 Å². The SMILES string of the molecule is O=C(c1nc2ccccc2s1)c1cc2ccccc2oc1=O. The molecule has 0 unspecified atom stereocenters. The Morgan fingerprint density at radius 3 is 2.68 bits per heavy atom. The van der Waals surface area contributed by atoms with Crippen LogP contribution in [0.25, 0.3) is 21.2 Å². The van der Waals surface area contributed by atoms with Gasteiger partial charge in [-0.1, -0.05) is 30.3 Å². The Bertz CT molecular complexity index is 1040. The smallest absolute Gasteiger partial charge is 0.347 e. The van der Waals surface area contributed by atoms with Crippen molar-refractivity contribution in [2.24, 2.45) is 0 Å². The number of nitrogens with zero attached hydrogens (tertiary/aromatic N) is 1. The summed E-state index contributed by atoms with van der Waals surface area (Å²) in [5.74, 6) is -0.402. The molecule has 4 nitrogen and oxygen atoms in total. The highest BCUT2D eigenvalue weighted by atomic mass is 32.1. The van der Waals surface area contributed by atoms with Gasteiger partial charge in [0.15, 0.2) is 5.01 Å². The maximum absolute atomic E-state index is 12.6. The molecule has 0 N–H and O–H groups in total. The van der Waals surface area contributed by atoms with Gasteiger partial charge in [0.25, 0.3) is 0 Å². The number of benzene rings is 2. The largest absolute Gasteiger partial charge is 0.422 e. The second kappa shape index (κ2) is 4.89. The summed E-state index contributed by atoms with van der Waals surface area (Å²) in [5.41, 5.74) is 0.593. The predicted molar refractivity (Wildman–Crippen MR) is 85.5 cm³/mol. The van der Waals surface area contributed by atoms with Crippen molar-refractivity contribution in [1.82, 2.24) is 4.98 Å². The molecule has 2 aromatic heterocycles. The monoisotopic (exact) mass is 307 g/mol. The van der Waals surface area contributed by atoms with Crippen molar-refractivity contribution in [3.63, 3.8) is 0 Å². The molecule has 22 heavy (non-hydrogen) atoms. The number of ketones is 1. The van der Waals surface area contributed by atoms with E-state index in [0.717, 1.165) is 10.2 Å². The first-order valence-electron chi connectivity index (χ1n) is 6.65. The molecular formula is C17H9NO3S. The van der Waals surface area contributed by atoms with Gasteiger partial charge in [0.05, 0.1) is 10.2 Å². The summed E-state index contributed by atoms with van der Waals surface area (Å²) in [4.78, 5) is 28.9. The predicted octanol–water partition coefficient (Wildman–Crippen LogP) is 3.63. The van der Waals surface area contributed by atoms with E-state index in [1.807, 2.05) is 30.3 Å². The number of hydrogen-bond acceptors (Lipinski definition) is 5. The zero-order valence-corrected chi connectivity index (χ0v) is 12.1. The third kappa shape index (κ3) is 2.03. The number of para-hydroxylation sites is 2. The summed E-state index contributed by atoms with van der Waals surface area (Å²) in [6.07, 6.45) is 0. The van der Waals surface area contributed by atoms with Crippen molar-refractivity contribution in [3.8, 4) is 0 Å². The van der Waals surface area contributed by atoms with Gasteiger partial charge in [0.1, 0.15) is 11.1 Å². The molecule has 4 aromatic rings. The first-order valence-corrected chi connectivity index (χ1v) is 7.47. The van der Waals surface area contributed by atoms with Crippen LogP contribution in [0.15, 0.2) is 63.8 Å². The molecule has 5 heteroatoms. The summed E-state index contributed by atoms with van der Waals surface area (Å²) in [7, 11) is 0. The fourth-order valence-corrected chi connectivity index (χ4v) is 3.22. The molecule has 0 aliphatic rings. The van der Waals surface area contributed by atoms with Gasteiger partial charge in [0.2, 0.25) is 5.78 Å². The number of aromatic nitrogens is 1. The standard InChI is InChI=1S/C17H9NO3S/c19-15(16-18-12-6-2-4-8-14(12)22-16)11-9-10-5-1-3-7-13(10)21-17(11)20/h1-9H. The number of fused-ring (bicyclic) bond motifs is 2. The molecule has 0 bridgehead atoms. The first-order chi connectivity index (χ1) is 10.7. The van der Waals surface area contributed by atoms with E-state index in [0.29, 0.717) is 16.0 Å². The van der Waals surface area contributed by atoms with E-state index < -0.39 is 11.4 Å². The molecule has 106 valence electrons. The number of hydrogen-bond donors (Lipinski definition) is 0. The van der Waals surface area contributed by atoms with Crippen LogP contribution in [0.5, 0.6) is 0 Å². The second-order valence-corrected chi connectivity index (χ2v) is 5.83. The highest BCUT2D eigenvalue weighted by Gasteiger charge is 2.19. The van der Waals surface area contributed by atoms with Gasteiger partial charge in [-0.25, -0.2) is 9.78 Å². The Balaban J connectivity index is 1.88. The number of thiazole rings is 1. The van der Waals surface area contributed by atoms with Crippen LogP contribution >= 0.6 is 11.3 Å². The van der Waals surface area contributed by atoms with Crippen LogP contribution in [0.3, 0.4) is 0 Å². The molecule has 0 atom stereocenters. The van der Waals surface area contributed by atoms with Crippen molar-refractivity contribution in [3.05, 3.63) is 75.6 Å². The Hall–Kier alpha value is -2.79. The molecule has 0 aliphatic carbocycles. The van der Waals surface area contributed by atoms with Crippen molar-refractivity contribution < 1.29 is 9.21 Å². The van der Waals surface area contributed by atoms with E-state index in [4.69, 9.17) is 4.42 Å². The molecule has 0 saturated heterocycles. The Labute approximate surface area is 128 Å². The van der Waals surface area contributed by atoms with E-state index in [1.165, 1.54) is 11.3 Å². The van der Waals surface area contributed by atoms with Gasteiger partial charge in [-0.15, -0.1) is 11.3 Å². The molecule has 0 radical (unpaired) electrons. The summed E-state index contributed by atoms with van der Waals surface area (Å²) in [5, 5.41) is 1.01. The first kappa shape index (κ1) is 12.9. The zero-order valence-electron chi connectivity index (χ0n) is 11.3. The number of carbonyl (C=O) groups excluding carboxylic acids is 1. The van der Waals surface area contributed by atoms with E-state index in [2.05, 4.69) is 4.98 Å². The number of carbonyl (C=O) groups is 1. The van der Waals surface area contributed by atoms with Crippen molar-refractivity contribution in [2.75, 3.05) is 0 Å². The quantitative estimate of drug-likeness (QED) is 0.419.